The molecule has 0 fully saturated rings. The van der Waals surface area contributed by atoms with Crippen LogP contribution in [0.3, 0.4) is 0 Å². The molecular weight excluding hydrogens is 366 g/mol. The van der Waals surface area contributed by atoms with Gasteiger partial charge in [-0.25, -0.2) is 4.98 Å². The quantitative estimate of drug-likeness (QED) is 0.557. The maximum absolute atomic E-state index is 11.9. The van der Waals surface area contributed by atoms with Gasteiger partial charge in [0.25, 0.3) is 0 Å². The summed E-state index contributed by atoms with van der Waals surface area (Å²) in [6, 6.07) is 13.4. The van der Waals surface area contributed by atoms with Crippen LogP contribution in [0.15, 0.2) is 47.8 Å². The maximum Gasteiger partial charge on any atom is 0.226 e. The van der Waals surface area contributed by atoms with Gasteiger partial charge in [-0.2, -0.15) is 0 Å². The van der Waals surface area contributed by atoms with Crippen LogP contribution in [-0.4, -0.2) is 10.9 Å². The highest BCUT2D eigenvalue weighted by Gasteiger charge is 2.10. The van der Waals surface area contributed by atoms with Crippen molar-refractivity contribution in [2.75, 3.05) is 10.6 Å². The van der Waals surface area contributed by atoms with Gasteiger partial charge in [-0.1, -0.05) is 43.6 Å². The number of carbonyl (C=O) groups excluding carboxylic acids is 1. The molecule has 0 unspecified atom stereocenters. The molecule has 3 rings (SSSR count). The monoisotopic (exact) mass is 385 g/mol. The molecule has 1 amide bonds. The molecule has 3 aromatic rings. The highest BCUT2D eigenvalue weighted by atomic mass is 35.5. The smallest absolute Gasteiger partial charge is 0.226 e. The van der Waals surface area contributed by atoms with Crippen molar-refractivity contribution >= 4 is 45.4 Å². The van der Waals surface area contributed by atoms with Gasteiger partial charge < -0.3 is 10.6 Å². The van der Waals surface area contributed by atoms with Crippen LogP contribution in [0.5, 0.6) is 0 Å². The van der Waals surface area contributed by atoms with Crippen molar-refractivity contribution in [2.45, 2.75) is 20.8 Å². The number of aromatic nitrogens is 1. The Balaban J connectivity index is 1.79. The molecule has 4 nitrogen and oxygen atoms in total. The summed E-state index contributed by atoms with van der Waals surface area (Å²) in [6.45, 7) is 5.76. The summed E-state index contributed by atoms with van der Waals surface area (Å²) >= 11 is 7.60. The second-order valence-electron chi connectivity index (χ2n) is 6.35. The van der Waals surface area contributed by atoms with Crippen LogP contribution in [-0.2, 0) is 4.79 Å². The standard InChI is InChI=1S/C20H20ClN3OS/c1-12(2)19(25)22-16-6-4-5-14(9-16)18-11-26-20(24-18)23-17-10-15(21)8-7-13(17)3/h4-12H,1-3H3,(H,22,25)(H,23,24). The number of aryl methyl sites for hydroxylation is 1. The Hall–Kier alpha value is -2.37. The van der Waals surface area contributed by atoms with Crippen molar-refractivity contribution in [1.29, 1.82) is 0 Å². The third kappa shape index (κ3) is 4.42. The molecule has 0 aliphatic heterocycles. The Labute approximate surface area is 162 Å². The minimum Gasteiger partial charge on any atom is -0.331 e. The predicted molar refractivity (Wildman–Crippen MR) is 110 cm³/mol. The van der Waals surface area contributed by atoms with E-state index in [1.54, 1.807) is 0 Å². The molecule has 0 atom stereocenters. The molecule has 0 saturated carbocycles. The Bertz CT molecular complexity index is 936. The van der Waals surface area contributed by atoms with E-state index in [-0.39, 0.29) is 11.8 Å². The molecule has 1 heterocycles. The molecular formula is C20H20ClN3OS. The van der Waals surface area contributed by atoms with Gasteiger partial charge in [0.1, 0.15) is 0 Å². The van der Waals surface area contributed by atoms with E-state index in [9.17, 15) is 4.79 Å². The number of thiazole rings is 1. The summed E-state index contributed by atoms with van der Waals surface area (Å²) in [5, 5.41) is 9.71. The number of carbonyl (C=O) groups is 1. The Kier molecular flexibility index (Phi) is 5.59. The molecule has 0 aliphatic carbocycles. The highest BCUT2D eigenvalue weighted by molar-refractivity contribution is 7.14. The number of hydrogen-bond donors (Lipinski definition) is 2. The molecule has 0 radical (unpaired) electrons. The van der Waals surface area contributed by atoms with E-state index in [2.05, 4.69) is 15.6 Å². The fourth-order valence-electron chi connectivity index (χ4n) is 2.35. The van der Waals surface area contributed by atoms with Gasteiger partial charge in [0, 0.05) is 33.3 Å². The third-order valence-electron chi connectivity index (χ3n) is 3.90. The zero-order valence-corrected chi connectivity index (χ0v) is 16.4. The first-order valence-corrected chi connectivity index (χ1v) is 9.58. The molecule has 134 valence electrons. The van der Waals surface area contributed by atoms with E-state index in [1.165, 1.54) is 11.3 Å². The van der Waals surface area contributed by atoms with Gasteiger partial charge in [-0.3, -0.25) is 4.79 Å². The maximum atomic E-state index is 11.9. The van der Waals surface area contributed by atoms with Gasteiger partial charge in [0.2, 0.25) is 5.91 Å². The van der Waals surface area contributed by atoms with Crippen LogP contribution in [0, 0.1) is 12.8 Å². The van der Waals surface area contributed by atoms with Crippen LogP contribution in [0.25, 0.3) is 11.3 Å². The number of amides is 1. The second kappa shape index (κ2) is 7.89. The number of benzene rings is 2. The van der Waals surface area contributed by atoms with Crippen LogP contribution in [0.2, 0.25) is 5.02 Å². The summed E-state index contributed by atoms with van der Waals surface area (Å²) in [6.07, 6.45) is 0. The number of hydrogen-bond acceptors (Lipinski definition) is 4. The molecule has 0 saturated heterocycles. The first-order valence-electron chi connectivity index (χ1n) is 8.32. The summed E-state index contributed by atoms with van der Waals surface area (Å²) in [5.41, 5.74) is 4.63. The van der Waals surface area contributed by atoms with Crippen molar-refractivity contribution in [3.05, 3.63) is 58.4 Å². The SMILES string of the molecule is Cc1ccc(Cl)cc1Nc1nc(-c2cccc(NC(=O)C(C)C)c2)cs1. The molecule has 26 heavy (non-hydrogen) atoms. The largest absolute Gasteiger partial charge is 0.331 e. The fraction of sp³-hybridized carbons (Fsp3) is 0.200. The lowest BCUT2D eigenvalue weighted by Gasteiger charge is -2.08. The number of rotatable bonds is 5. The van der Waals surface area contributed by atoms with E-state index in [4.69, 9.17) is 11.6 Å². The summed E-state index contributed by atoms with van der Waals surface area (Å²) in [7, 11) is 0. The third-order valence-corrected chi connectivity index (χ3v) is 4.89. The van der Waals surface area contributed by atoms with Crippen molar-refractivity contribution in [3.63, 3.8) is 0 Å². The average Bonchev–Trinajstić information content (AvgIpc) is 3.07. The van der Waals surface area contributed by atoms with Crippen molar-refractivity contribution in [3.8, 4) is 11.3 Å². The van der Waals surface area contributed by atoms with Crippen LogP contribution in [0.4, 0.5) is 16.5 Å². The first kappa shape index (κ1) is 18.4. The van der Waals surface area contributed by atoms with Gasteiger partial charge >= 0.3 is 0 Å². The fourth-order valence-corrected chi connectivity index (χ4v) is 3.25. The topological polar surface area (TPSA) is 54.0 Å². The number of nitrogens with one attached hydrogen (secondary N) is 2. The molecule has 2 aromatic carbocycles. The summed E-state index contributed by atoms with van der Waals surface area (Å²) < 4.78 is 0. The van der Waals surface area contributed by atoms with Crippen molar-refractivity contribution in [2.24, 2.45) is 5.92 Å². The Morgan fingerprint density at radius 3 is 2.77 bits per heavy atom. The van der Waals surface area contributed by atoms with E-state index >= 15 is 0 Å². The molecule has 1 aromatic heterocycles. The molecule has 2 N–H and O–H groups in total. The van der Waals surface area contributed by atoms with E-state index < -0.39 is 0 Å². The minimum atomic E-state index is -0.0605. The Morgan fingerprint density at radius 2 is 2.00 bits per heavy atom. The van der Waals surface area contributed by atoms with E-state index in [0.717, 1.165) is 33.3 Å². The normalized spacial score (nSPS) is 10.8. The highest BCUT2D eigenvalue weighted by Crippen LogP contribution is 2.30. The van der Waals surface area contributed by atoms with Crippen molar-refractivity contribution < 1.29 is 4.79 Å². The van der Waals surface area contributed by atoms with Crippen LogP contribution >= 0.6 is 22.9 Å². The summed E-state index contributed by atoms with van der Waals surface area (Å²) in [5.74, 6) is -0.0612. The minimum absolute atomic E-state index is 0.000727. The van der Waals surface area contributed by atoms with Crippen LogP contribution < -0.4 is 10.6 Å². The van der Waals surface area contributed by atoms with Gasteiger partial charge in [0.05, 0.1) is 5.69 Å². The van der Waals surface area contributed by atoms with Crippen LogP contribution in [0.1, 0.15) is 19.4 Å². The van der Waals surface area contributed by atoms with Gasteiger partial charge in [-0.05, 0) is 36.8 Å². The predicted octanol–water partition coefficient (Wildman–Crippen LogP) is 6.11. The Morgan fingerprint density at radius 1 is 1.19 bits per heavy atom. The number of halogens is 1. The van der Waals surface area contributed by atoms with E-state index in [1.807, 2.05) is 68.6 Å². The van der Waals surface area contributed by atoms with E-state index in [0.29, 0.717) is 5.02 Å². The van der Waals surface area contributed by atoms with Crippen molar-refractivity contribution in [1.82, 2.24) is 4.98 Å². The number of anilines is 3. The zero-order valence-electron chi connectivity index (χ0n) is 14.8. The molecule has 6 heteroatoms. The second-order valence-corrected chi connectivity index (χ2v) is 7.64. The first-order chi connectivity index (χ1) is 12.4. The average molecular weight is 386 g/mol. The lowest BCUT2D eigenvalue weighted by Crippen LogP contribution is -2.17. The molecule has 0 bridgehead atoms. The summed E-state index contributed by atoms with van der Waals surface area (Å²) in [4.78, 5) is 16.5. The number of nitrogens with zero attached hydrogens (tertiary/aromatic N) is 1. The lowest BCUT2D eigenvalue weighted by molar-refractivity contribution is -0.118. The molecule has 0 aliphatic rings. The van der Waals surface area contributed by atoms with Gasteiger partial charge in [0.15, 0.2) is 5.13 Å². The molecule has 0 spiro atoms. The zero-order chi connectivity index (χ0) is 18.7. The lowest BCUT2D eigenvalue weighted by atomic mass is 10.1. The van der Waals surface area contributed by atoms with Gasteiger partial charge in [-0.15, -0.1) is 11.3 Å².